The van der Waals surface area contributed by atoms with Gasteiger partial charge in [0.05, 0.1) is 42.6 Å². The number of nitrogens with zero attached hydrogens (tertiary/aromatic N) is 3. The third kappa shape index (κ3) is 15.2. The third-order valence-electron chi connectivity index (χ3n) is 8.58. The summed E-state index contributed by atoms with van der Waals surface area (Å²) in [5.74, 6) is -8.46. The molecule has 0 N–H and O–H groups in total. The molecule has 2 atom stereocenters. The van der Waals surface area contributed by atoms with E-state index in [1.54, 1.807) is 0 Å². The number of carboxylic acids is 5. The number of rotatable bonds is 23. The van der Waals surface area contributed by atoms with Gasteiger partial charge in [-0.15, -0.1) is 0 Å². The fourth-order valence-electron chi connectivity index (χ4n) is 6.34. The van der Waals surface area contributed by atoms with Crippen LogP contribution in [0.25, 0.3) is 0 Å². The van der Waals surface area contributed by atoms with E-state index in [9.17, 15) is 59.0 Å². The van der Waals surface area contributed by atoms with Gasteiger partial charge in [0.1, 0.15) is 0 Å². The summed E-state index contributed by atoms with van der Waals surface area (Å²) in [7, 11) is -5.15. The van der Waals surface area contributed by atoms with Crippen LogP contribution in [-0.2, 0) is 43.0 Å². The Kier molecular flexibility index (Phi) is 18.9. The van der Waals surface area contributed by atoms with E-state index >= 15 is 0 Å². The maximum Gasteiger partial charge on any atom is 3.00 e. The van der Waals surface area contributed by atoms with Crippen molar-refractivity contribution in [2.45, 2.75) is 43.2 Å². The van der Waals surface area contributed by atoms with Crippen LogP contribution in [0, 0.1) is 39.9 Å². The summed E-state index contributed by atoms with van der Waals surface area (Å²) in [6, 6.07) is 18.1. The first-order valence-electron chi connectivity index (χ1n) is 16.0. The van der Waals surface area contributed by atoms with E-state index in [1.807, 2.05) is 60.7 Å². The summed E-state index contributed by atoms with van der Waals surface area (Å²) in [6.07, 6.45) is 0.910. The molecule has 0 aliphatic heterocycles. The first-order chi connectivity index (χ1) is 24.1. The molecule has 19 heteroatoms. The Morgan fingerprint density at radius 1 is 0.712 bits per heavy atom. The van der Waals surface area contributed by atoms with E-state index in [-0.39, 0.29) is 57.3 Å². The smallest absolute Gasteiger partial charge is 0.756 e. The van der Waals surface area contributed by atoms with E-state index in [1.165, 1.54) is 0 Å². The van der Waals surface area contributed by atoms with Crippen LogP contribution in [0.2, 0.25) is 0 Å². The maximum absolute atomic E-state index is 13.1. The van der Waals surface area contributed by atoms with Crippen molar-refractivity contribution in [3.8, 4) is 0 Å². The van der Waals surface area contributed by atoms with Crippen LogP contribution in [0.3, 0.4) is 0 Å². The minimum atomic E-state index is -5.15. The summed E-state index contributed by atoms with van der Waals surface area (Å²) in [5, 5.41) is 56.7. The van der Waals surface area contributed by atoms with Crippen molar-refractivity contribution in [2.24, 2.45) is 0 Å². The van der Waals surface area contributed by atoms with E-state index in [0.29, 0.717) is 25.7 Å². The Morgan fingerprint density at radius 2 is 1.12 bits per heavy atom. The maximum atomic E-state index is 13.1. The van der Waals surface area contributed by atoms with Crippen molar-refractivity contribution >= 4 is 37.7 Å². The van der Waals surface area contributed by atoms with Crippen LogP contribution in [0.4, 0.5) is 0 Å². The fraction of sp³-hybridized carbons (Fsp3) is 0.485. The second kappa shape index (κ2) is 21.7. The molecule has 2 aromatic rings. The Balaban J connectivity index is 0. The number of benzene rings is 2. The van der Waals surface area contributed by atoms with E-state index in [0.717, 1.165) is 25.8 Å². The van der Waals surface area contributed by atoms with Gasteiger partial charge in [-0.3, -0.25) is 19.3 Å². The average Bonchev–Trinajstić information content (AvgIpc) is 3.05. The van der Waals surface area contributed by atoms with Crippen molar-refractivity contribution in [3.63, 3.8) is 0 Å². The summed E-state index contributed by atoms with van der Waals surface area (Å²) >= 11 is 0. The number of phosphoric ester groups is 1. The monoisotopic (exact) mass is 892 g/mol. The van der Waals surface area contributed by atoms with Crippen molar-refractivity contribution < 1.29 is 112 Å². The van der Waals surface area contributed by atoms with Crippen LogP contribution in [0.5, 0.6) is 0 Å². The zero-order chi connectivity index (χ0) is 37.6. The molecule has 2 unspecified atom stereocenters. The number of phosphoric acid groups is 1. The van der Waals surface area contributed by atoms with Crippen molar-refractivity contribution in [1.29, 1.82) is 0 Å². The van der Waals surface area contributed by atoms with Gasteiger partial charge < -0.3 is 63.4 Å². The van der Waals surface area contributed by atoms with Gasteiger partial charge >= 0.3 is 44.2 Å². The van der Waals surface area contributed by atoms with Gasteiger partial charge in [-0.1, -0.05) is 60.7 Å². The first kappa shape index (κ1) is 45.3. The number of carbonyl (C=O) groups excluding carboxylic acids is 5. The Labute approximate surface area is 336 Å². The molecule has 0 saturated heterocycles. The molecule has 3 rings (SSSR count). The minimum absolute atomic E-state index is 0. The predicted molar refractivity (Wildman–Crippen MR) is 167 cm³/mol. The van der Waals surface area contributed by atoms with Gasteiger partial charge in [0, 0.05) is 63.8 Å². The second-order valence-electron chi connectivity index (χ2n) is 12.2. The SMILES string of the molecule is O=C([O-])CN(CCN(CC(=O)[O-])CC(COP(=O)([O-])OC1CCC(c2ccccc2)(c2ccccc2)CC1)N(CC(=O)[O-])CC(=O)[O-])CC(=O)[O-].[Gd+3].[H+].[H+].[H+]. The minimum Gasteiger partial charge on any atom is -0.756 e. The molecule has 0 aromatic heterocycles. The van der Waals surface area contributed by atoms with Gasteiger partial charge in [-0.05, 0) is 36.8 Å². The predicted octanol–water partition coefficient (Wildman–Crippen LogP) is -5.22. The standard InChI is InChI=1S/C33H44N3O14P.Gd/c37-28(38)18-34(15-16-35(19-29(39)40)20-30(41)42)17-26(36(21-31(43)44)22-32(45)46)23-49-51(47,48)50-27-11-13-33(14-12-27,24-7-3-1-4-8-24)25-9-5-2-6-10-25;/h1-10,26-27H,11-23H2,(H,37,38)(H,39,40)(H,41,42)(H,43,44)(H,45,46)(H,47,48);/q;+3/p-3. The normalized spacial score (nSPS) is 16.2. The van der Waals surface area contributed by atoms with E-state index in [4.69, 9.17) is 9.05 Å². The summed E-state index contributed by atoms with van der Waals surface area (Å²) in [5.41, 5.74) is 1.71. The van der Waals surface area contributed by atoms with Crippen LogP contribution in [0.15, 0.2) is 60.7 Å². The molecule has 1 radical (unpaired) electrons. The summed E-state index contributed by atoms with van der Waals surface area (Å²) in [6.45, 7) is -6.98. The molecule has 0 heterocycles. The Bertz CT molecular complexity index is 1470. The van der Waals surface area contributed by atoms with Crippen molar-refractivity contribution in [3.05, 3.63) is 71.8 Å². The van der Waals surface area contributed by atoms with E-state index in [2.05, 4.69) is 0 Å². The molecule has 1 aliphatic rings. The van der Waals surface area contributed by atoms with Crippen molar-refractivity contribution in [1.82, 2.24) is 14.7 Å². The topological polar surface area (TPSA) is 269 Å². The quantitative estimate of drug-likeness (QED) is 0.0944. The largest absolute Gasteiger partial charge is 3.00 e. The van der Waals surface area contributed by atoms with Gasteiger partial charge in [-0.25, -0.2) is 0 Å². The summed E-state index contributed by atoms with van der Waals surface area (Å²) < 4.78 is 23.7. The van der Waals surface area contributed by atoms with Gasteiger partial charge in [0.25, 0.3) is 7.82 Å². The molecule has 0 spiro atoms. The zero-order valence-corrected chi connectivity index (χ0v) is 31.1. The first-order valence-corrected chi connectivity index (χ1v) is 17.5. The number of carbonyl (C=O) groups is 5. The molecule has 52 heavy (non-hydrogen) atoms. The Morgan fingerprint density at radius 3 is 1.54 bits per heavy atom. The zero-order valence-electron chi connectivity index (χ0n) is 31.0. The molecule has 17 nitrogen and oxygen atoms in total. The van der Waals surface area contributed by atoms with E-state index < -0.39 is 101 Å². The molecule has 285 valence electrons. The molecular formula is C33H41GdN3O14P. The molecule has 0 bridgehead atoms. The molecule has 1 saturated carbocycles. The molecule has 1 fully saturated rings. The van der Waals surface area contributed by atoms with Crippen LogP contribution in [0.1, 0.15) is 41.1 Å². The van der Waals surface area contributed by atoms with Gasteiger partial charge in [-0.2, -0.15) is 0 Å². The van der Waals surface area contributed by atoms with Crippen LogP contribution in [-0.4, -0.2) is 116 Å². The number of aliphatic carboxylic acids is 5. The average molecular weight is 892 g/mol. The Hall–Kier alpha value is -2.90. The molecule has 1 aliphatic carbocycles. The summed E-state index contributed by atoms with van der Waals surface area (Å²) in [4.78, 5) is 72.4. The second-order valence-corrected chi connectivity index (χ2v) is 13.6. The fourth-order valence-corrected chi connectivity index (χ4v) is 7.33. The third-order valence-corrected chi connectivity index (χ3v) is 9.60. The molecule has 2 aromatic carbocycles. The van der Waals surface area contributed by atoms with Crippen LogP contribution >= 0.6 is 7.82 Å². The van der Waals surface area contributed by atoms with Crippen molar-refractivity contribution in [2.75, 3.05) is 59.0 Å². The molecular weight excluding hydrogens is 851 g/mol. The number of carboxylic acid groups (broad SMARTS) is 5. The van der Waals surface area contributed by atoms with Gasteiger partial charge in [0.15, 0.2) is 0 Å². The number of hydrogen-bond donors (Lipinski definition) is 0. The molecule has 0 amide bonds. The van der Waals surface area contributed by atoms with Gasteiger partial charge in [0.2, 0.25) is 0 Å². The number of hydrogen-bond acceptors (Lipinski definition) is 17. The van der Waals surface area contributed by atoms with Crippen LogP contribution < -0.4 is 30.4 Å².